The van der Waals surface area contributed by atoms with Gasteiger partial charge in [-0.3, -0.25) is 20.2 Å². The van der Waals surface area contributed by atoms with E-state index in [0.717, 1.165) is 51.0 Å². The van der Waals surface area contributed by atoms with E-state index in [9.17, 15) is 25.0 Å². The molecule has 0 amide bonds. The van der Waals surface area contributed by atoms with E-state index >= 15 is 0 Å². The fourth-order valence-electron chi connectivity index (χ4n) is 4.05. The minimum Gasteiger partial charge on any atom is -0.318 e. The Hall–Kier alpha value is -2.84. The van der Waals surface area contributed by atoms with Gasteiger partial charge in [0.2, 0.25) is 0 Å². The molecule has 0 N–H and O–H groups in total. The molecule has 0 radical (unpaired) electrons. The molecule has 0 aromatic heterocycles. The van der Waals surface area contributed by atoms with Gasteiger partial charge in [0.25, 0.3) is 11.4 Å². The van der Waals surface area contributed by atoms with Crippen molar-refractivity contribution in [2.75, 3.05) is 0 Å². The van der Waals surface area contributed by atoms with Crippen LogP contribution in [0.4, 0.5) is 11.4 Å². The molecule has 2 saturated carbocycles. The average Bonchev–Trinajstić information content (AvgIpc) is 2.72. The van der Waals surface area contributed by atoms with Crippen molar-refractivity contribution in [2.45, 2.75) is 63.7 Å². The van der Waals surface area contributed by atoms with Crippen LogP contribution in [0.25, 0.3) is 0 Å². The molecule has 1 aromatic carbocycles. The minimum atomic E-state index is -0.654. The highest BCUT2D eigenvalue weighted by atomic mass is 16.7. The molecule has 0 spiro atoms. The maximum absolute atomic E-state index is 12.3. The predicted molar refractivity (Wildman–Crippen MR) is 101 cm³/mol. The number of benzene rings is 1. The van der Waals surface area contributed by atoms with E-state index in [2.05, 4.69) is 5.16 Å². The third-order valence-electron chi connectivity index (χ3n) is 5.57. The molecule has 0 aliphatic heterocycles. The topological polar surface area (TPSA) is 125 Å². The fourth-order valence-corrected chi connectivity index (χ4v) is 4.05. The number of nitrogens with zero attached hydrogens (tertiary/aromatic N) is 3. The van der Waals surface area contributed by atoms with E-state index < -0.39 is 9.85 Å². The SMILES string of the molecule is O=C(O/N=C1\CCCCC1c1ccc([N+](=O)[O-])cc1[N+](=O)[O-])C1CCCCC1. The van der Waals surface area contributed by atoms with E-state index in [4.69, 9.17) is 4.84 Å². The third-order valence-corrected chi connectivity index (χ3v) is 5.57. The van der Waals surface area contributed by atoms with Gasteiger partial charge in [0.05, 0.1) is 27.5 Å². The van der Waals surface area contributed by atoms with E-state index in [1.165, 1.54) is 12.1 Å². The van der Waals surface area contributed by atoms with Crippen LogP contribution in [-0.2, 0) is 9.63 Å². The molecular weight excluding hydrogens is 366 g/mol. The summed E-state index contributed by atoms with van der Waals surface area (Å²) in [6.07, 6.45) is 7.68. The van der Waals surface area contributed by atoms with Gasteiger partial charge in [0.1, 0.15) is 0 Å². The smallest absolute Gasteiger partial charge is 0.318 e. The highest BCUT2D eigenvalue weighted by Crippen LogP contribution is 2.38. The summed E-state index contributed by atoms with van der Waals surface area (Å²) in [5.74, 6) is -0.849. The third kappa shape index (κ3) is 4.52. The molecule has 2 aliphatic rings. The number of carbonyl (C=O) groups excluding carboxylic acids is 1. The maximum atomic E-state index is 12.3. The average molecular weight is 389 g/mol. The Labute approximate surface area is 162 Å². The molecule has 3 rings (SSSR count). The summed E-state index contributed by atoms with van der Waals surface area (Å²) in [5.41, 5.74) is 0.344. The molecule has 0 saturated heterocycles. The number of oxime groups is 1. The lowest BCUT2D eigenvalue weighted by atomic mass is 9.81. The molecule has 1 aromatic rings. The summed E-state index contributed by atoms with van der Waals surface area (Å²) in [5, 5.41) is 26.5. The molecule has 150 valence electrons. The molecule has 9 nitrogen and oxygen atoms in total. The van der Waals surface area contributed by atoms with E-state index in [1.807, 2.05) is 0 Å². The van der Waals surface area contributed by atoms with Gasteiger partial charge < -0.3 is 4.84 Å². The van der Waals surface area contributed by atoms with Gasteiger partial charge >= 0.3 is 5.97 Å². The van der Waals surface area contributed by atoms with Crippen LogP contribution in [-0.4, -0.2) is 21.5 Å². The summed E-state index contributed by atoms with van der Waals surface area (Å²) in [6.45, 7) is 0. The van der Waals surface area contributed by atoms with Crippen LogP contribution in [0.2, 0.25) is 0 Å². The number of non-ortho nitro benzene ring substituents is 1. The van der Waals surface area contributed by atoms with Gasteiger partial charge in [-0.2, -0.15) is 0 Å². The van der Waals surface area contributed by atoms with E-state index in [1.54, 1.807) is 0 Å². The molecule has 1 unspecified atom stereocenters. The van der Waals surface area contributed by atoms with Crippen molar-refractivity contribution < 1.29 is 19.5 Å². The van der Waals surface area contributed by atoms with Crippen molar-refractivity contribution in [1.29, 1.82) is 0 Å². The van der Waals surface area contributed by atoms with Crippen molar-refractivity contribution in [3.63, 3.8) is 0 Å². The second kappa shape index (κ2) is 8.90. The largest absolute Gasteiger partial charge is 0.338 e. The summed E-state index contributed by atoms with van der Waals surface area (Å²) < 4.78 is 0. The van der Waals surface area contributed by atoms with Crippen molar-refractivity contribution in [3.05, 3.63) is 44.0 Å². The molecule has 2 aliphatic carbocycles. The lowest BCUT2D eigenvalue weighted by Gasteiger charge is -2.24. The van der Waals surface area contributed by atoms with Gasteiger partial charge in [0, 0.05) is 17.5 Å². The zero-order chi connectivity index (χ0) is 20.1. The molecule has 1 atom stereocenters. The minimum absolute atomic E-state index is 0.131. The summed E-state index contributed by atoms with van der Waals surface area (Å²) >= 11 is 0. The van der Waals surface area contributed by atoms with Crippen LogP contribution in [0, 0.1) is 26.1 Å². The molecule has 0 bridgehead atoms. The first-order chi connectivity index (χ1) is 13.5. The lowest BCUT2D eigenvalue weighted by molar-refractivity contribution is -0.394. The Morgan fingerprint density at radius 2 is 1.71 bits per heavy atom. The van der Waals surface area contributed by atoms with Crippen LogP contribution in [0.15, 0.2) is 23.4 Å². The monoisotopic (exact) mass is 389 g/mol. The van der Waals surface area contributed by atoms with Crippen molar-refractivity contribution in [1.82, 2.24) is 0 Å². The highest BCUT2D eigenvalue weighted by molar-refractivity contribution is 5.92. The lowest BCUT2D eigenvalue weighted by Crippen LogP contribution is -2.22. The molecule has 9 heteroatoms. The zero-order valence-corrected chi connectivity index (χ0v) is 15.5. The summed E-state index contributed by atoms with van der Waals surface area (Å²) in [7, 11) is 0. The zero-order valence-electron chi connectivity index (χ0n) is 15.5. The van der Waals surface area contributed by atoms with Crippen LogP contribution < -0.4 is 0 Å². The number of hydrogen-bond acceptors (Lipinski definition) is 7. The van der Waals surface area contributed by atoms with Gasteiger partial charge in [-0.1, -0.05) is 30.8 Å². The van der Waals surface area contributed by atoms with Crippen molar-refractivity contribution >= 4 is 23.1 Å². The van der Waals surface area contributed by atoms with Crippen LogP contribution in [0.3, 0.4) is 0 Å². The first-order valence-corrected chi connectivity index (χ1v) is 9.67. The van der Waals surface area contributed by atoms with Gasteiger partial charge in [-0.25, -0.2) is 4.79 Å². The number of carbonyl (C=O) groups is 1. The van der Waals surface area contributed by atoms with E-state index in [-0.39, 0.29) is 29.2 Å². The number of nitro benzene ring substituents is 2. The normalized spacial score (nSPS) is 22.0. The van der Waals surface area contributed by atoms with Crippen molar-refractivity contribution in [3.8, 4) is 0 Å². The molecule has 0 heterocycles. The summed E-state index contributed by atoms with van der Waals surface area (Å²) in [6, 6.07) is 3.67. The first kappa shape index (κ1) is 19.9. The van der Waals surface area contributed by atoms with E-state index in [0.29, 0.717) is 24.1 Å². The summed E-state index contributed by atoms with van der Waals surface area (Å²) in [4.78, 5) is 38.6. The van der Waals surface area contributed by atoms with Crippen LogP contribution in [0.1, 0.15) is 69.3 Å². The Morgan fingerprint density at radius 1 is 1.00 bits per heavy atom. The Morgan fingerprint density at radius 3 is 2.39 bits per heavy atom. The number of nitro groups is 2. The van der Waals surface area contributed by atoms with Gasteiger partial charge in [0.15, 0.2) is 0 Å². The standard InChI is InChI=1S/C19H23N3O6/c23-19(13-6-2-1-3-7-13)28-20-17-9-5-4-8-15(17)16-11-10-14(21(24)25)12-18(16)22(26)27/h10-13,15H,1-9H2/b20-17+. The first-order valence-electron chi connectivity index (χ1n) is 9.67. The van der Waals surface area contributed by atoms with Crippen LogP contribution in [0.5, 0.6) is 0 Å². The van der Waals surface area contributed by atoms with Gasteiger partial charge in [-0.05, 0) is 38.2 Å². The Balaban J connectivity index is 1.83. The van der Waals surface area contributed by atoms with Crippen molar-refractivity contribution in [2.24, 2.45) is 11.1 Å². The molecular formula is C19H23N3O6. The molecule has 28 heavy (non-hydrogen) atoms. The highest BCUT2D eigenvalue weighted by Gasteiger charge is 2.31. The maximum Gasteiger partial charge on any atom is 0.338 e. The second-order valence-electron chi connectivity index (χ2n) is 7.38. The second-order valence-corrected chi connectivity index (χ2v) is 7.38. The van der Waals surface area contributed by atoms with Gasteiger partial charge in [-0.15, -0.1) is 0 Å². The Kier molecular flexibility index (Phi) is 6.33. The Bertz CT molecular complexity index is 801. The quantitative estimate of drug-likeness (QED) is 0.410. The van der Waals surface area contributed by atoms with Crippen LogP contribution >= 0.6 is 0 Å². The predicted octanol–water partition coefficient (Wildman–Crippen LogP) is 4.64. The fraction of sp³-hybridized carbons (Fsp3) is 0.579. The molecule has 2 fully saturated rings. The number of rotatable bonds is 5. The number of hydrogen-bond donors (Lipinski definition) is 0.